The Bertz CT molecular complexity index is 762. The van der Waals surface area contributed by atoms with Crippen LogP contribution in [0.2, 0.25) is 0 Å². The van der Waals surface area contributed by atoms with Crippen molar-refractivity contribution >= 4 is 5.69 Å². The van der Waals surface area contributed by atoms with Crippen LogP contribution in [0.4, 0.5) is 5.69 Å². The van der Waals surface area contributed by atoms with E-state index in [0.717, 1.165) is 38.0 Å². The molecule has 2 heterocycles. The van der Waals surface area contributed by atoms with Crippen LogP contribution in [0.15, 0.2) is 60.7 Å². The molecule has 4 rings (SSSR count). The summed E-state index contributed by atoms with van der Waals surface area (Å²) >= 11 is 0. The molecule has 2 aliphatic rings. The summed E-state index contributed by atoms with van der Waals surface area (Å²) in [6.07, 6.45) is 1.98. The minimum atomic E-state index is -0.620. The number of hydrogen-bond acceptors (Lipinski definition) is 5. The average molecular weight is 397 g/mol. The predicted molar refractivity (Wildman–Crippen MR) is 115 cm³/mol. The number of rotatable bonds is 5. The van der Waals surface area contributed by atoms with Gasteiger partial charge in [0.2, 0.25) is 0 Å². The lowest BCUT2D eigenvalue weighted by Crippen LogP contribution is -2.64. The fraction of sp³-hybridized carbons (Fsp3) is 0.500. The Balaban J connectivity index is 1.43. The van der Waals surface area contributed by atoms with Crippen molar-refractivity contribution in [2.45, 2.75) is 50.3 Å². The molecule has 3 atom stereocenters. The molecule has 0 bridgehead atoms. The maximum absolute atomic E-state index is 10.7. The first kappa shape index (κ1) is 20.4. The van der Waals surface area contributed by atoms with Gasteiger partial charge in [-0.2, -0.15) is 0 Å². The van der Waals surface area contributed by atoms with Crippen LogP contribution in [-0.4, -0.2) is 60.9 Å². The number of benzene rings is 2. The van der Waals surface area contributed by atoms with Gasteiger partial charge in [0.1, 0.15) is 12.3 Å². The number of nitrogens with zero attached hydrogens (tertiary/aromatic N) is 2. The normalized spacial score (nSPS) is 25.8. The SMILES string of the molecule is COC(Cc1ccccc1)N1CCC2(CC1)CN(c1ccccc1)C(O)C(C)O2. The van der Waals surface area contributed by atoms with Crippen molar-refractivity contribution in [1.82, 2.24) is 4.90 Å². The molecule has 2 aromatic rings. The van der Waals surface area contributed by atoms with Gasteiger partial charge in [-0.1, -0.05) is 48.5 Å². The number of morpholine rings is 1. The molecule has 0 aliphatic carbocycles. The van der Waals surface area contributed by atoms with Crippen LogP contribution in [0, 0.1) is 0 Å². The molecule has 1 spiro atoms. The Morgan fingerprint density at radius 3 is 2.31 bits per heavy atom. The van der Waals surface area contributed by atoms with E-state index in [0.29, 0.717) is 6.54 Å². The second-order valence-corrected chi connectivity index (χ2v) is 8.30. The fourth-order valence-corrected chi connectivity index (χ4v) is 4.69. The summed E-state index contributed by atoms with van der Waals surface area (Å²) in [6, 6.07) is 20.7. The maximum Gasteiger partial charge on any atom is 0.153 e. The molecule has 2 aromatic carbocycles. The molecular weight excluding hydrogens is 364 g/mol. The highest BCUT2D eigenvalue weighted by atomic mass is 16.5. The number of para-hydroxylation sites is 1. The van der Waals surface area contributed by atoms with E-state index in [1.807, 2.05) is 31.2 Å². The number of piperidine rings is 1. The van der Waals surface area contributed by atoms with Crippen molar-refractivity contribution in [3.8, 4) is 0 Å². The van der Waals surface area contributed by atoms with Crippen LogP contribution in [0.5, 0.6) is 0 Å². The Morgan fingerprint density at radius 1 is 1.07 bits per heavy atom. The molecule has 2 fully saturated rings. The van der Waals surface area contributed by atoms with Gasteiger partial charge in [-0.3, -0.25) is 4.90 Å². The summed E-state index contributed by atoms with van der Waals surface area (Å²) in [4.78, 5) is 4.52. The Morgan fingerprint density at radius 2 is 1.69 bits per heavy atom. The number of anilines is 1. The van der Waals surface area contributed by atoms with Gasteiger partial charge < -0.3 is 19.5 Å². The monoisotopic (exact) mass is 396 g/mol. The Kier molecular flexibility index (Phi) is 6.20. The predicted octanol–water partition coefficient (Wildman–Crippen LogP) is 3.28. The van der Waals surface area contributed by atoms with Gasteiger partial charge in [0.15, 0.2) is 6.23 Å². The average Bonchev–Trinajstić information content (AvgIpc) is 2.77. The third-order valence-corrected chi connectivity index (χ3v) is 6.36. The summed E-state index contributed by atoms with van der Waals surface area (Å²) in [5.41, 5.74) is 2.12. The number of likely N-dealkylation sites (tertiary alicyclic amines) is 1. The largest absolute Gasteiger partial charge is 0.371 e. The molecule has 0 radical (unpaired) electrons. The molecule has 3 unspecified atom stereocenters. The molecule has 156 valence electrons. The molecule has 5 nitrogen and oxygen atoms in total. The van der Waals surface area contributed by atoms with Crippen LogP contribution in [0.1, 0.15) is 25.3 Å². The topological polar surface area (TPSA) is 45.2 Å². The van der Waals surface area contributed by atoms with Crippen LogP contribution in [-0.2, 0) is 15.9 Å². The lowest BCUT2D eigenvalue weighted by atomic mass is 9.87. The van der Waals surface area contributed by atoms with Crippen LogP contribution < -0.4 is 4.90 Å². The third-order valence-electron chi connectivity index (χ3n) is 6.36. The Labute approximate surface area is 173 Å². The van der Waals surface area contributed by atoms with E-state index in [1.54, 1.807) is 7.11 Å². The van der Waals surface area contributed by atoms with E-state index < -0.39 is 6.23 Å². The molecule has 0 amide bonds. The van der Waals surface area contributed by atoms with Crippen LogP contribution >= 0.6 is 0 Å². The second kappa shape index (κ2) is 8.84. The summed E-state index contributed by atoms with van der Waals surface area (Å²) in [7, 11) is 1.80. The number of hydrogen-bond donors (Lipinski definition) is 1. The van der Waals surface area contributed by atoms with Crippen molar-refractivity contribution in [2.24, 2.45) is 0 Å². The maximum atomic E-state index is 10.7. The molecule has 5 heteroatoms. The van der Waals surface area contributed by atoms with Crippen LogP contribution in [0.3, 0.4) is 0 Å². The molecular formula is C24H32N2O3. The molecule has 1 N–H and O–H groups in total. The summed E-state index contributed by atoms with van der Waals surface area (Å²) in [6.45, 7) is 4.54. The number of methoxy groups -OCH3 is 1. The highest BCUT2D eigenvalue weighted by Crippen LogP contribution is 2.37. The lowest BCUT2D eigenvalue weighted by molar-refractivity contribution is -0.182. The summed E-state index contributed by atoms with van der Waals surface area (Å²) in [5.74, 6) is 0. The Hall–Kier alpha value is -1.92. The van der Waals surface area contributed by atoms with E-state index in [2.05, 4.69) is 46.2 Å². The first-order valence-electron chi connectivity index (χ1n) is 10.6. The van der Waals surface area contributed by atoms with Gasteiger partial charge in [0, 0.05) is 38.9 Å². The van der Waals surface area contributed by atoms with Gasteiger partial charge in [0.05, 0.1) is 5.60 Å². The van der Waals surface area contributed by atoms with Gasteiger partial charge in [-0.05, 0) is 37.5 Å². The highest BCUT2D eigenvalue weighted by Gasteiger charge is 2.46. The number of aliphatic hydroxyl groups is 1. The van der Waals surface area contributed by atoms with Crippen molar-refractivity contribution < 1.29 is 14.6 Å². The van der Waals surface area contributed by atoms with E-state index in [-0.39, 0.29) is 17.9 Å². The molecule has 2 aliphatic heterocycles. The van der Waals surface area contributed by atoms with E-state index in [9.17, 15) is 5.11 Å². The van der Waals surface area contributed by atoms with E-state index >= 15 is 0 Å². The molecule has 0 aromatic heterocycles. The third kappa shape index (κ3) is 4.48. The van der Waals surface area contributed by atoms with Gasteiger partial charge in [-0.25, -0.2) is 0 Å². The smallest absolute Gasteiger partial charge is 0.153 e. The zero-order valence-electron chi connectivity index (χ0n) is 17.4. The second-order valence-electron chi connectivity index (χ2n) is 8.30. The minimum absolute atomic E-state index is 0.0755. The quantitative estimate of drug-likeness (QED) is 0.840. The molecule has 2 saturated heterocycles. The molecule has 0 saturated carbocycles. The van der Waals surface area contributed by atoms with Gasteiger partial charge in [-0.15, -0.1) is 0 Å². The number of aliphatic hydroxyl groups excluding tert-OH is 1. The van der Waals surface area contributed by atoms with Gasteiger partial charge in [0.25, 0.3) is 0 Å². The fourth-order valence-electron chi connectivity index (χ4n) is 4.69. The van der Waals surface area contributed by atoms with E-state index in [1.165, 1.54) is 5.56 Å². The lowest BCUT2D eigenvalue weighted by Gasteiger charge is -2.52. The molecule has 29 heavy (non-hydrogen) atoms. The van der Waals surface area contributed by atoms with E-state index in [4.69, 9.17) is 9.47 Å². The number of ether oxygens (including phenoxy) is 2. The zero-order chi connectivity index (χ0) is 20.3. The van der Waals surface area contributed by atoms with Crippen molar-refractivity contribution in [1.29, 1.82) is 0 Å². The van der Waals surface area contributed by atoms with Crippen molar-refractivity contribution in [2.75, 3.05) is 31.6 Å². The zero-order valence-corrected chi connectivity index (χ0v) is 17.4. The summed E-state index contributed by atoms with van der Waals surface area (Å²) < 4.78 is 12.2. The first-order chi connectivity index (χ1) is 14.1. The van der Waals surface area contributed by atoms with Gasteiger partial charge >= 0.3 is 0 Å². The summed E-state index contributed by atoms with van der Waals surface area (Å²) in [5, 5.41) is 10.7. The first-order valence-corrected chi connectivity index (χ1v) is 10.6. The van der Waals surface area contributed by atoms with Crippen molar-refractivity contribution in [3.63, 3.8) is 0 Å². The van der Waals surface area contributed by atoms with Crippen LogP contribution in [0.25, 0.3) is 0 Å². The van der Waals surface area contributed by atoms with Crippen molar-refractivity contribution in [3.05, 3.63) is 66.2 Å². The highest BCUT2D eigenvalue weighted by molar-refractivity contribution is 5.47. The minimum Gasteiger partial charge on any atom is -0.371 e. The standard InChI is InChI=1S/C24H32N2O3/c1-19-23(27)26(21-11-7-4-8-12-21)18-24(29-19)13-15-25(16-14-24)22(28-2)17-20-9-5-3-6-10-20/h3-12,19,22-23,27H,13-18H2,1-2H3.